The number of carbonyl (C=O) groups is 2. The van der Waals surface area contributed by atoms with E-state index in [-0.39, 0.29) is 18.4 Å². The van der Waals surface area contributed by atoms with Crippen LogP contribution in [0.25, 0.3) is 0 Å². The second-order valence-electron chi connectivity index (χ2n) is 7.08. The molecule has 0 spiro atoms. The van der Waals surface area contributed by atoms with Crippen LogP contribution in [0.5, 0.6) is 0 Å². The Hall–Kier alpha value is -3.60. The van der Waals surface area contributed by atoms with Gasteiger partial charge in [0.15, 0.2) is 0 Å². The van der Waals surface area contributed by atoms with E-state index in [9.17, 15) is 9.59 Å². The summed E-state index contributed by atoms with van der Waals surface area (Å²) in [4.78, 5) is 24.7. The maximum absolute atomic E-state index is 12.4. The fraction of sp³-hybridized carbons (Fsp3) is 0.167. The van der Waals surface area contributed by atoms with Crippen molar-refractivity contribution in [2.45, 2.75) is 20.8 Å². The van der Waals surface area contributed by atoms with Crippen molar-refractivity contribution in [3.05, 3.63) is 89.0 Å². The maximum atomic E-state index is 12.4. The number of carbonyl (C=O) groups excluding carboxylic acids is 2. The topological polar surface area (TPSA) is 70.2 Å². The van der Waals surface area contributed by atoms with Crippen LogP contribution < -0.4 is 16.0 Å². The van der Waals surface area contributed by atoms with E-state index in [4.69, 9.17) is 0 Å². The third kappa shape index (κ3) is 5.45. The zero-order chi connectivity index (χ0) is 20.8. The molecule has 0 bridgehead atoms. The molecule has 3 aromatic carbocycles. The highest BCUT2D eigenvalue weighted by molar-refractivity contribution is 6.04. The summed E-state index contributed by atoms with van der Waals surface area (Å²) in [5, 5.41) is 8.94. The van der Waals surface area contributed by atoms with E-state index in [0.29, 0.717) is 11.3 Å². The van der Waals surface area contributed by atoms with Gasteiger partial charge < -0.3 is 16.0 Å². The lowest BCUT2D eigenvalue weighted by Gasteiger charge is -2.14. The van der Waals surface area contributed by atoms with Crippen molar-refractivity contribution >= 4 is 28.9 Å². The molecule has 0 fully saturated rings. The Balaban J connectivity index is 1.59. The third-order valence-electron chi connectivity index (χ3n) is 4.55. The Morgan fingerprint density at radius 2 is 1.41 bits per heavy atom. The Kier molecular flexibility index (Phi) is 6.29. The summed E-state index contributed by atoms with van der Waals surface area (Å²) in [6, 6.07) is 20.4. The van der Waals surface area contributed by atoms with Crippen LogP contribution in [0.4, 0.5) is 17.1 Å². The molecule has 2 amide bonds. The van der Waals surface area contributed by atoms with Crippen molar-refractivity contribution in [1.29, 1.82) is 0 Å². The SMILES string of the molecule is Cc1cc(C)c(NC(=O)CNc2cccc(NC(=O)c3ccccc3)c2)c(C)c1. The van der Waals surface area contributed by atoms with Crippen LogP contribution in [0.15, 0.2) is 66.7 Å². The fourth-order valence-corrected chi connectivity index (χ4v) is 3.24. The number of hydrogen-bond donors (Lipinski definition) is 3. The summed E-state index contributed by atoms with van der Waals surface area (Å²) in [6.07, 6.45) is 0. The highest BCUT2D eigenvalue weighted by atomic mass is 16.2. The van der Waals surface area contributed by atoms with E-state index in [1.54, 1.807) is 18.2 Å². The lowest BCUT2D eigenvalue weighted by atomic mass is 10.1. The molecule has 0 atom stereocenters. The number of rotatable bonds is 6. The number of benzene rings is 3. The summed E-state index contributed by atoms with van der Waals surface area (Å²) >= 11 is 0. The molecule has 5 heteroatoms. The first-order valence-electron chi connectivity index (χ1n) is 9.50. The highest BCUT2D eigenvalue weighted by Crippen LogP contribution is 2.22. The molecule has 0 radical (unpaired) electrons. The lowest BCUT2D eigenvalue weighted by molar-refractivity contribution is -0.114. The number of anilines is 3. The molecule has 0 unspecified atom stereocenters. The van der Waals surface area contributed by atoms with Gasteiger partial charge in [0.1, 0.15) is 0 Å². The van der Waals surface area contributed by atoms with Crippen molar-refractivity contribution in [3.8, 4) is 0 Å². The quantitative estimate of drug-likeness (QED) is 0.562. The minimum atomic E-state index is -0.175. The van der Waals surface area contributed by atoms with Crippen molar-refractivity contribution in [1.82, 2.24) is 0 Å². The number of aryl methyl sites for hydroxylation is 3. The molecule has 0 heterocycles. The second-order valence-corrected chi connectivity index (χ2v) is 7.08. The van der Waals surface area contributed by atoms with Gasteiger partial charge in [-0.3, -0.25) is 9.59 Å². The Labute approximate surface area is 171 Å². The Bertz CT molecular complexity index is 1010. The average Bonchev–Trinajstić information content (AvgIpc) is 2.70. The standard InChI is InChI=1S/C24H25N3O2/c1-16-12-17(2)23(18(3)13-16)27-22(28)15-25-20-10-7-11-21(14-20)26-24(29)19-8-5-4-6-9-19/h4-14,25H,15H2,1-3H3,(H,26,29)(H,27,28). The smallest absolute Gasteiger partial charge is 0.255 e. The zero-order valence-electron chi connectivity index (χ0n) is 16.9. The van der Waals surface area contributed by atoms with Crippen LogP contribution in [0.2, 0.25) is 0 Å². The summed E-state index contributed by atoms with van der Waals surface area (Å²) in [7, 11) is 0. The van der Waals surface area contributed by atoms with Crippen LogP contribution in [0, 0.1) is 20.8 Å². The molecule has 3 rings (SSSR count). The summed E-state index contributed by atoms with van der Waals surface area (Å²) < 4.78 is 0. The Morgan fingerprint density at radius 1 is 0.759 bits per heavy atom. The fourth-order valence-electron chi connectivity index (χ4n) is 3.24. The molecule has 3 aromatic rings. The van der Waals surface area contributed by atoms with Gasteiger partial charge in [-0.05, 0) is 62.2 Å². The van der Waals surface area contributed by atoms with Gasteiger partial charge in [0, 0.05) is 22.6 Å². The average molecular weight is 387 g/mol. The summed E-state index contributed by atoms with van der Waals surface area (Å²) in [5.41, 5.74) is 6.12. The molecule has 0 aromatic heterocycles. The van der Waals surface area contributed by atoms with Gasteiger partial charge in [0.05, 0.1) is 6.54 Å². The molecule has 0 aliphatic rings. The molecular formula is C24H25N3O2. The molecule has 148 valence electrons. The monoisotopic (exact) mass is 387 g/mol. The van der Waals surface area contributed by atoms with E-state index < -0.39 is 0 Å². The predicted molar refractivity (Wildman–Crippen MR) is 119 cm³/mol. The molecular weight excluding hydrogens is 362 g/mol. The second kappa shape index (κ2) is 9.06. The van der Waals surface area contributed by atoms with Crippen molar-refractivity contribution in [3.63, 3.8) is 0 Å². The van der Waals surface area contributed by atoms with E-state index in [2.05, 4.69) is 28.1 Å². The van der Waals surface area contributed by atoms with E-state index in [0.717, 1.165) is 22.5 Å². The van der Waals surface area contributed by atoms with E-state index >= 15 is 0 Å². The number of nitrogens with one attached hydrogen (secondary N) is 3. The summed E-state index contributed by atoms with van der Waals surface area (Å²) in [6.45, 7) is 6.14. The van der Waals surface area contributed by atoms with Crippen LogP contribution in [-0.4, -0.2) is 18.4 Å². The van der Waals surface area contributed by atoms with Crippen LogP contribution in [0.3, 0.4) is 0 Å². The molecule has 0 saturated carbocycles. The van der Waals surface area contributed by atoms with Crippen LogP contribution in [-0.2, 0) is 4.79 Å². The third-order valence-corrected chi connectivity index (χ3v) is 4.55. The van der Waals surface area contributed by atoms with Gasteiger partial charge in [0.25, 0.3) is 5.91 Å². The largest absolute Gasteiger partial charge is 0.376 e. The predicted octanol–water partition coefficient (Wildman–Crippen LogP) is 4.91. The van der Waals surface area contributed by atoms with Gasteiger partial charge in [0.2, 0.25) is 5.91 Å². The van der Waals surface area contributed by atoms with Gasteiger partial charge in [-0.1, -0.05) is 42.0 Å². The Morgan fingerprint density at radius 3 is 2.10 bits per heavy atom. The maximum Gasteiger partial charge on any atom is 0.255 e. The lowest BCUT2D eigenvalue weighted by Crippen LogP contribution is -2.22. The molecule has 0 aliphatic heterocycles. The molecule has 5 nitrogen and oxygen atoms in total. The van der Waals surface area contributed by atoms with Gasteiger partial charge >= 0.3 is 0 Å². The van der Waals surface area contributed by atoms with Crippen molar-refractivity contribution in [2.24, 2.45) is 0 Å². The number of hydrogen-bond acceptors (Lipinski definition) is 3. The van der Waals surface area contributed by atoms with Crippen LogP contribution >= 0.6 is 0 Å². The van der Waals surface area contributed by atoms with E-state index in [1.165, 1.54) is 5.56 Å². The van der Waals surface area contributed by atoms with Crippen molar-refractivity contribution < 1.29 is 9.59 Å². The van der Waals surface area contributed by atoms with Gasteiger partial charge in [-0.15, -0.1) is 0 Å². The van der Waals surface area contributed by atoms with E-state index in [1.807, 2.05) is 57.2 Å². The van der Waals surface area contributed by atoms with Crippen LogP contribution in [0.1, 0.15) is 27.0 Å². The minimum Gasteiger partial charge on any atom is -0.376 e. The van der Waals surface area contributed by atoms with Gasteiger partial charge in [-0.25, -0.2) is 0 Å². The zero-order valence-corrected chi connectivity index (χ0v) is 16.9. The first-order valence-corrected chi connectivity index (χ1v) is 9.50. The molecule has 0 aliphatic carbocycles. The molecule has 0 saturated heterocycles. The normalized spacial score (nSPS) is 10.3. The molecule has 29 heavy (non-hydrogen) atoms. The first-order chi connectivity index (χ1) is 13.9. The van der Waals surface area contributed by atoms with Crippen molar-refractivity contribution in [2.75, 3.05) is 22.5 Å². The first kappa shape index (κ1) is 20.1. The van der Waals surface area contributed by atoms with Gasteiger partial charge in [-0.2, -0.15) is 0 Å². The molecule has 3 N–H and O–H groups in total. The highest BCUT2D eigenvalue weighted by Gasteiger charge is 2.09. The number of amides is 2. The summed E-state index contributed by atoms with van der Waals surface area (Å²) in [5.74, 6) is -0.301. The minimum absolute atomic E-state index is 0.126.